The zero-order chi connectivity index (χ0) is 13.4. The van der Waals surface area contributed by atoms with Gasteiger partial charge in [0.1, 0.15) is 0 Å². The molecule has 1 aliphatic rings. The van der Waals surface area contributed by atoms with Crippen LogP contribution in [0.1, 0.15) is 66.2 Å². The molecule has 0 aromatic rings. The van der Waals surface area contributed by atoms with Crippen LogP contribution >= 0.6 is 0 Å². The quantitative estimate of drug-likeness (QED) is 0.675. The lowest BCUT2D eigenvalue weighted by atomic mass is 10.1. The highest BCUT2D eigenvalue weighted by Crippen LogP contribution is 2.28. The fourth-order valence-corrected chi connectivity index (χ4v) is 3.24. The van der Waals surface area contributed by atoms with Crippen LogP contribution in [0.4, 0.5) is 0 Å². The molecule has 3 unspecified atom stereocenters. The first kappa shape index (κ1) is 16.0. The first-order valence-electron chi connectivity index (χ1n) is 8.17. The molecule has 0 heterocycles. The Balaban J connectivity index is 2.08. The van der Waals surface area contributed by atoms with Crippen molar-refractivity contribution in [3.8, 4) is 0 Å². The maximum atomic E-state index is 3.83. The van der Waals surface area contributed by atoms with E-state index < -0.39 is 0 Å². The Kier molecular flexibility index (Phi) is 7.92. The molecule has 1 fully saturated rings. The van der Waals surface area contributed by atoms with Gasteiger partial charge >= 0.3 is 0 Å². The van der Waals surface area contributed by atoms with Gasteiger partial charge in [-0.05, 0) is 64.6 Å². The van der Waals surface area contributed by atoms with Crippen LogP contribution in [0, 0.1) is 5.92 Å². The van der Waals surface area contributed by atoms with E-state index in [2.05, 4.69) is 37.9 Å². The fraction of sp³-hybridized carbons (Fsp3) is 1.00. The highest BCUT2D eigenvalue weighted by molar-refractivity contribution is 4.81. The summed E-state index contributed by atoms with van der Waals surface area (Å²) in [5, 5.41) is 3.83. The number of rotatable bonds is 9. The molecule has 0 amide bonds. The van der Waals surface area contributed by atoms with Crippen molar-refractivity contribution in [2.45, 2.75) is 78.3 Å². The van der Waals surface area contributed by atoms with Crippen LogP contribution in [0.15, 0.2) is 0 Å². The van der Waals surface area contributed by atoms with Crippen LogP contribution in [0.3, 0.4) is 0 Å². The van der Waals surface area contributed by atoms with Crippen molar-refractivity contribution in [1.29, 1.82) is 0 Å². The minimum Gasteiger partial charge on any atom is -0.311 e. The third-order valence-corrected chi connectivity index (χ3v) is 4.64. The van der Waals surface area contributed by atoms with Gasteiger partial charge in [-0.3, -0.25) is 0 Å². The molecule has 0 aliphatic heterocycles. The predicted molar refractivity (Wildman–Crippen MR) is 81.0 cm³/mol. The van der Waals surface area contributed by atoms with Crippen LogP contribution in [-0.2, 0) is 0 Å². The van der Waals surface area contributed by atoms with Gasteiger partial charge in [-0.2, -0.15) is 0 Å². The van der Waals surface area contributed by atoms with E-state index in [-0.39, 0.29) is 0 Å². The number of hydrogen-bond acceptors (Lipinski definition) is 2. The van der Waals surface area contributed by atoms with Gasteiger partial charge in [0.25, 0.3) is 0 Å². The summed E-state index contributed by atoms with van der Waals surface area (Å²) in [6, 6.07) is 1.50. The van der Waals surface area contributed by atoms with Crippen LogP contribution in [-0.4, -0.2) is 36.6 Å². The molecule has 0 spiro atoms. The molecule has 0 bridgehead atoms. The molecule has 1 aliphatic carbocycles. The molecule has 2 heteroatoms. The smallest absolute Gasteiger partial charge is 0.00722 e. The molecule has 1 rings (SSSR count). The van der Waals surface area contributed by atoms with E-state index >= 15 is 0 Å². The average Bonchev–Trinajstić information content (AvgIpc) is 2.82. The Morgan fingerprint density at radius 2 is 1.89 bits per heavy atom. The topological polar surface area (TPSA) is 15.3 Å². The lowest BCUT2D eigenvalue weighted by Gasteiger charge is -2.22. The predicted octanol–water partition coefficient (Wildman–Crippen LogP) is 3.67. The summed E-state index contributed by atoms with van der Waals surface area (Å²) in [6.45, 7) is 12.9. The van der Waals surface area contributed by atoms with Crippen molar-refractivity contribution in [3.63, 3.8) is 0 Å². The summed E-state index contributed by atoms with van der Waals surface area (Å²) in [5.41, 5.74) is 0. The van der Waals surface area contributed by atoms with Crippen molar-refractivity contribution in [2.75, 3.05) is 19.6 Å². The van der Waals surface area contributed by atoms with Crippen molar-refractivity contribution >= 4 is 0 Å². The lowest BCUT2D eigenvalue weighted by Crippen LogP contribution is -2.35. The third kappa shape index (κ3) is 5.71. The zero-order valence-corrected chi connectivity index (χ0v) is 13.0. The summed E-state index contributed by atoms with van der Waals surface area (Å²) in [7, 11) is 0. The van der Waals surface area contributed by atoms with Crippen LogP contribution in [0.25, 0.3) is 0 Å². The van der Waals surface area contributed by atoms with Gasteiger partial charge < -0.3 is 10.2 Å². The Bertz CT molecular complexity index is 201. The van der Waals surface area contributed by atoms with Gasteiger partial charge in [0.05, 0.1) is 0 Å². The van der Waals surface area contributed by atoms with E-state index in [1.165, 1.54) is 58.2 Å². The molecule has 0 aromatic carbocycles. The average molecular weight is 254 g/mol. The Morgan fingerprint density at radius 1 is 1.17 bits per heavy atom. The molecular weight excluding hydrogens is 220 g/mol. The van der Waals surface area contributed by atoms with Crippen molar-refractivity contribution in [2.24, 2.45) is 5.92 Å². The normalized spacial score (nSPS) is 25.8. The highest BCUT2D eigenvalue weighted by atomic mass is 15.1. The first-order chi connectivity index (χ1) is 8.69. The molecule has 1 saturated carbocycles. The minimum absolute atomic E-state index is 0.696. The maximum absolute atomic E-state index is 3.83. The Hall–Kier alpha value is -0.0800. The van der Waals surface area contributed by atoms with E-state index in [0.717, 1.165) is 12.0 Å². The van der Waals surface area contributed by atoms with E-state index in [1.807, 2.05) is 0 Å². The zero-order valence-electron chi connectivity index (χ0n) is 13.0. The molecule has 0 saturated heterocycles. The Morgan fingerprint density at radius 3 is 2.44 bits per heavy atom. The SMILES string of the molecule is CCC1CCC(NC(C)CCCN(CC)CC)C1. The molecule has 1 N–H and O–H groups in total. The second-order valence-electron chi connectivity index (χ2n) is 6.02. The monoisotopic (exact) mass is 254 g/mol. The second-order valence-corrected chi connectivity index (χ2v) is 6.02. The van der Waals surface area contributed by atoms with Gasteiger partial charge in [-0.15, -0.1) is 0 Å². The maximum Gasteiger partial charge on any atom is 0.00722 e. The number of hydrogen-bond donors (Lipinski definition) is 1. The fourth-order valence-electron chi connectivity index (χ4n) is 3.24. The van der Waals surface area contributed by atoms with Gasteiger partial charge in [0.2, 0.25) is 0 Å². The molecule has 0 aromatic heterocycles. The lowest BCUT2D eigenvalue weighted by molar-refractivity contribution is 0.287. The first-order valence-corrected chi connectivity index (χ1v) is 8.17. The van der Waals surface area contributed by atoms with E-state index in [4.69, 9.17) is 0 Å². The van der Waals surface area contributed by atoms with E-state index in [1.54, 1.807) is 0 Å². The summed E-state index contributed by atoms with van der Waals surface area (Å²) >= 11 is 0. The third-order valence-electron chi connectivity index (χ3n) is 4.64. The van der Waals surface area contributed by atoms with Gasteiger partial charge in [-0.25, -0.2) is 0 Å². The summed E-state index contributed by atoms with van der Waals surface area (Å²) in [5.74, 6) is 0.991. The van der Waals surface area contributed by atoms with Crippen LogP contribution < -0.4 is 5.32 Å². The van der Waals surface area contributed by atoms with E-state index in [0.29, 0.717) is 6.04 Å². The Labute approximate surface area is 115 Å². The molecule has 18 heavy (non-hydrogen) atoms. The van der Waals surface area contributed by atoms with Crippen molar-refractivity contribution < 1.29 is 0 Å². The molecule has 2 nitrogen and oxygen atoms in total. The van der Waals surface area contributed by atoms with Gasteiger partial charge in [-0.1, -0.05) is 27.2 Å². The highest BCUT2D eigenvalue weighted by Gasteiger charge is 2.23. The van der Waals surface area contributed by atoms with Gasteiger partial charge in [0, 0.05) is 12.1 Å². The number of nitrogens with one attached hydrogen (secondary N) is 1. The summed E-state index contributed by atoms with van der Waals surface area (Å²) in [4.78, 5) is 2.52. The van der Waals surface area contributed by atoms with E-state index in [9.17, 15) is 0 Å². The van der Waals surface area contributed by atoms with Gasteiger partial charge in [0.15, 0.2) is 0 Å². The second kappa shape index (κ2) is 8.92. The van der Waals surface area contributed by atoms with Crippen LogP contribution in [0.5, 0.6) is 0 Å². The standard InChI is InChI=1S/C16H34N2/c1-5-15-10-11-16(13-15)17-14(4)9-8-12-18(6-2)7-3/h14-17H,5-13H2,1-4H3. The minimum atomic E-state index is 0.696. The molecule has 108 valence electrons. The summed E-state index contributed by atoms with van der Waals surface area (Å²) in [6.07, 6.45) is 8.29. The van der Waals surface area contributed by atoms with Crippen molar-refractivity contribution in [1.82, 2.24) is 10.2 Å². The largest absolute Gasteiger partial charge is 0.311 e. The van der Waals surface area contributed by atoms with Crippen LogP contribution in [0.2, 0.25) is 0 Å². The molecule has 3 atom stereocenters. The van der Waals surface area contributed by atoms with Crippen molar-refractivity contribution in [3.05, 3.63) is 0 Å². The number of nitrogens with zero attached hydrogens (tertiary/aromatic N) is 1. The summed E-state index contributed by atoms with van der Waals surface area (Å²) < 4.78 is 0. The molecular formula is C16H34N2. The molecule has 0 radical (unpaired) electrons.